The number of carbonyl (C=O) groups is 1. The van der Waals surface area contributed by atoms with Crippen LogP contribution in [0.1, 0.15) is 13.8 Å². The van der Waals surface area contributed by atoms with Crippen LogP contribution >= 0.6 is 0 Å². The van der Waals surface area contributed by atoms with E-state index in [0.717, 1.165) is 0 Å². The normalized spacial score (nSPS) is 52.0. The Balaban J connectivity index is 0.866. The number of aliphatic hydroxyl groups is 13. The van der Waals surface area contributed by atoms with Crippen molar-refractivity contribution in [1.82, 2.24) is 0 Å². The van der Waals surface area contributed by atoms with Crippen LogP contribution in [0.3, 0.4) is 0 Å². The summed E-state index contributed by atoms with van der Waals surface area (Å²) in [6.07, 6.45) is -44.6. The standard InChI is InChI=1S/C35H57NO29/c1-6(54-31-19(46)16(43)23(8(3-37)58-31)61-32-20(47)17(44)27-35(63-27)64-32)22-34(60-22)56-7(2)55-24-12(39)10(59-33(65-36)21(24)48)4-52-26-14(41)11(38)9(57-29(26)51)5-53-30-18(45)13(40)15(42)25(62-30)28(49)50/h6-27,29-35,37-48,51H,3-5,36H2,1-2H3,(H,49,50)/t6?,7-,8?,9?,10?,11-,12+,13?,14?,15+,16?,17?,18?,19?,20?,21+,22-,23-,24?,25?,26?,27-,29+,30+,31-,32+,33+,34?,35?/m1/s1. The molecule has 0 aromatic carbocycles. The second kappa shape index (κ2) is 21.1. The Bertz CT molecular complexity index is 1560. The van der Waals surface area contributed by atoms with Gasteiger partial charge in [-0.25, -0.2) is 10.7 Å². The number of nitrogens with two attached hydrogens (primary N) is 1. The van der Waals surface area contributed by atoms with Gasteiger partial charge in [-0.2, -0.15) is 0 Å². The van der Waals surface area contributed by atoms with Crippen molar-refractivity contribution in [3.63, 3.8) is 0 Å². The van der Waals surface area contributed by atoms with E-state index in [1.807, 2.05) is 0 Å². The average Bonchev–Trinajstić information content (AvgIpc) is 4.21. The Hall–Kier alpha value is -1.65. The maximum absolute atomic E-state index is 11.4. The van der Waals surface area contributed by atoms with Gasteiger partial charge in [-0.15, -0.1) is 0 Å². The number of fused-ring (bicyclic) bond motifs is 1. The van der Waals surface area contributed by atoms with Crippen molar-refractivity contribution in [3.05, 3.63) is 0 Å². The van der Waals surface area contributed by atoms with E-state index in [0.29, 0.717) is 0 Å². The number of rotatable bonds is 18. The summed E-state index contributed by atoms with van der Waals surface area (Å²) in [5, 5.41) is 146. The quantitative estimate of drug-likeness (QED) is 0.0345. The highest BCUT2D eigenvalue weighted by Crippen LogP contribution is 2.39. The predicted octanol–water partition coefficient (Wildman–Crippen LogP) is -10.4. The molecule has 30 nitrogen and oxygen atoms in total. The Morgan fingerprint density at radius 2 is 1.17 bits per heavy atom. The minimum absolute atomic E-state index is 0.677. The molecule has 16 unspecified atom stereocenters. The van der Waals surface area contributed by atoms with Gasteiger partial charge in [0.1, 0.15) is 116 Å². The lowest BCUT2D eigenvalue weighted by atomic mass is 9.97. The predicted molar refractivity (Wildman–Crippen MR) is 192 cm³/mol. The van der Waals surface area contributed by atoms with Crippen LogP contribution in [0.5, 0.6) is 0 Å². The van der Waals surface area contributed by atoms with Crippen LogP contribution in [0.2, 0.25) is 0 Å². The van der Waals surface area contributed by atoms with E-state index in [1.165, 1.54) is 13.8 Å². The van der Waals surface area contributed by atoms with Crippen molar-refractivity contribution < 1.29 is 143 Å². The van der Waals surface area contributed by atoms with E-state index < -0.39 is 204 Å². The molecule has 0 saturated carbocycles. The first-order valence-corrected chi connectivity index (χ1v) is 20.5. The summed E-state index contributed by atoms with van der Waals surface area (Å²) in [5.74, 6) is 3.64. The van der Waals surface area contributed by atoms with E-state index >= 15 is 0 Å². The molecule has 7 aliphatic rings. The van der Waals surface area contributed by atoms with Crippen LogP contribution in [-0.2, 0) is 71.2 Å². The first-order valence-electron chi connectivity index (χ1n) is 20.5. The van der Waals surface area contributed by atoms with Crippen LogP contribution in [-0.4, -0.2) is 276 Å². The molecule has 7 saturated heterocycles. The summed E-state index contributed by atoms with van der Waals surface area (Å²) in [4.78, 5) is 16.1. The maximum atomic E-state index is 11.4. The molecule has 0 spiro atoms. The number of aliphatic carboxylic acids is 1. The highest BCUT2D eigenvalue weighted by Gasteiger charge is 2.59. The van der Waals surface area contributed by atoms with Gasteiger partial charge in [0.15, 0.2) is 50.1 Å². The molecule has 65 heavy (non-hydrogen) atoms. The molecule has 7 heterocycles. The topological polar surface area (TPSA) is 462 Å². The Labute approximate surface area is 366 Å². The third-order valence-corrected chi connectivity index (χ3v) is 11.9. The van der Waals surface area contributed by atoms with Gasteiger partial charge >= 0.3 is 5.97 Å². The molecule has 30 heteroatoms. The maximum Gasteiger partial charge on any atom is 0.335 e. The first kappa shape index (κ1) is 51.2. The Morgan fingerprint density at radius 1 is 0.538 bits per heavy atom. The van der Waals surface area contributed by atoms with Gasteiger partial charge in [0.25, 0.3) is 0 Å². The smallest absolute Gasteiger partial charge is 0.335 e. The zero-order chi connectivity index (χ0) is 47.3. The zero-order valence-electron chi connectivity index (χ0n) is 34.3. The Kier molecular flexibility index (Phi) is 16.7. The van der Waals surface area contributed by atoms with Crippen LogP contribution in [0.15, 0.2) is 0 Å². The second-order valence-electron chi connectivity index (χ2n) is 16.4. The minimum Gasteiger partial charge on any atom is -0.479 e. The number of hydrogen-bond donors (Lipinski definition) is 15. The summed E-state index contributed by atoms with van der Waals surface area (Å²) in [7, 11) is 0. The number of hydrogen-bond acceptors (Lipinski definition) is 29. The third kappa shape index (κ3) is 10.9. The van der Waals surface area contributed by atoms with E-state index in [9.17, 15) is 76.3 Å². The lowest BCUT2D eigenvalue weighted by molar-refractivity contribution is -0.348. The van der Waals surface area contributed by atoms with E-state index in [2.05, 4.69) is 0 Å². The molecule has 0 radical (unpaired) electrons. The third-order valence-electron chi connectivity index (χ3n) is 11.9. The number of ether oxygens (including phenoxy) is 13. The molecule has 7 fully saturated rings. The van der Waals surface area contributed by atoms with Crippen LogP contribution in [0.4, 0.5) is 0 Å². The largest absolute Gasteiger partial charge is 0.479 e. The lowest BCUT2D eigenvalue weighted by Gasteiger charge is -2.44. The molecular weight excluding hydrogens is 898 g/mol. The van der Waals surface area contributed by atoms with Crippen molar-refractivity contribution in [2.45, 2.75) is 192 Å². The van der Waals surface area contributed by atoms with Gasteiger partial charge in [0.2, 0.25) is 6.29 Å². The van der Waals surface area contributed by atoms with Gasteiger partial charge in [-0.05, 0) is 13.8 Å². The van der Waals surface area contributed by atoms with Crippen molar-refractivity contribution in [3.8, 4) is 0 Å². The lowest BCUT2D eigenvalue weighted by Crippen LogP contribution is -2.63. The van der Waals surface area contributed by atoms with Crippen LogP contribution in [0, 0.1) is 0 Å². The van der Waals surface area contributed by atoms with E-state index in [-0.39, 0.29) is 0 Å². The van der Waals surface area contributed by atoms with Gasteiger partial charge < -0.3 is 133 Å². The Morgan fingerprint density at radius 3 is 1.85 bits per heavy atom. The average molecular weight is 956 g/mol. The molecule has 376 valence electrons. The number of aliphatic hydroxyl groups excluding tert-OH is 13. The van der Waals surface area contributed by atoms with Gasteiger partial charge in [0, 0.05) is 0 Å². The first-order chi connectivity index (χ1) is 30.7. The second-order valence-corrected chi connectivity index (χ2v) is 16.4. The van der Waals surface area contributed by atoms with Crippen molar-refractivity contribution in [2.75, 3.05) is 19.8 Å². The van der Waals surface area contributed by atoms with Crippen LogP contribution in [0.25, 0.3) is 0 Å². The summed E-state index contributed by atoms with van der Waals surface area (Å²) in [6, 6.07) is 0. The van der Waals surface area contributed by atoms with Gasteiger partial charge in [-0.1, -0.05) is 0 Å². The molecule has 7 rings (SSSR count). The van der Waals surface area contributed by atoms with E-state index in [4.69, 9.17) is 72.3 Å². The number of epoxide rings is 2. The molecule has 0 bridgehead atoms. The molecule has 7 aliphatic heterocycles. The highest BCUT2D eigenvalue weighted by atomic mass is 16.9. The zero-order valence-corrected chi connectivity index (χ0v) is 34.3. The molecule has 0 amide bonds. The summed E-state index contributed by atoms with van der Waals surface area (Å²) >= 11 is 0. The molecule has 0 aromatic rings. The van der Waals surface area contributed by atoms with Crippen molar-refractivity contribution in [2.24, 2.45) is 5.90 Å². The minimum atomic E-state index is -2.00. The van der Waals surface area contributed by atoms with Crippen LogP contribution < -0.4 is 5.90 Å². The monoisotopic (exact) mass is 955 g/mol. The number of carboxylic acid groups (broad SMARTS) is 1. The molecular formula is C35H57NO29. The molecule has 16 N–H and O–H groups in total. The van der Waals surface area contributed by atoms with Gasteiger partial charge in [-0.3, -0.25) is 4.84 Å². The SMILES string of the molecule is CC(O[C@@H]1OC(CO)[C@@H](O[C@H]2OC3O[C@@H]3C(O)C2O)C(O)C1O)[C@H]1OC1O[C@H](C)OC1[C@@H](O)C(COC2C(O)[C@H](O)C(CO[C@H]3OC(C(=O)O)[C@@H](O)C(O)C3O)O[C@@H]2O)O[C@@H](ON)[C@H]1O. The number of carboxylic acids is 1. The molecule has 0 aliphatic carbocycles. The fourth-order valence-electron chi connectivity index (χ4n) is 8.05. The summed E-state index contributed by atoms with van der Waals surface area (Å²) < 4.78 is 71.2. The fourth-order valence-corrected chi connectivity index (χ4v) is 8.05. The molecule has 0 aromatic heterocycles. The van der Waals surface area contributed by atoms with E-state index in [1.54, 1.807) is 0 Å². The molecule has 29 atom stereocenters. The van der Waals surface area contributed by atoms with Crippen molar-refractivity contribution in [1.29, 1.82) is 0 Å². The van der Waals surface area contributed by atoms with Crippen molar-refractivity contribution >= 4 is 5.97 Å². The fraction of sp³-hybridized carbons (Fsp3) is 0.971. The summed E-state index contributed by atoms with van der Waals surface area (Å²) in [5.41, 5.74) is 0. The summed E-state index contributed by atoms with van der Waals surface area (Å²) in [6.45, 7) is 0.751. The van der Waals surface area contributed by atoms with Gasteiger partial charge in [0.05, 0.1) is 25.9 Å². The highest BCUT2D eigenvalue weighted by molar-refractivity contribution is 5.73.